The Balaban J connectivity index is 1.86. The zero-order valence-corrected chi connectivity index (χ0v) is 25.1. The van der Waals surface area contributed by atoms with E-state index in [1.165, 1.54) is 4.31 Å². The molecule has 40 heavy (non-hydrogen) atoms. The summed E-state index contributed by atoms with van der Waals surface area (Å²) in [7, 11) is -3.61. The van der Waals surface area contributed by atoms with Crippen molar-refractivity contribution in [3.05, 3.63) is 100 Å². The average molecular weight is 605 g/mol. The van der Waals surface area contributed by atoms with Gasteiger partial charge in [0.1, 0.15) is 6.04 Å². The van der Waals surface area contributed by atoms with Crippen molar-refractivity contribution in [2.24, 2.45) is 0 Å². The van der Waals surface area contributed by atoms with E-state index in [0.717, 1.165) is 23.8 Å². The molecular formula is C30H35Cl2N3O4S. The molecule has 2 amide bonds. The Morgan fingerprint density at radius 3 is 2.23 bits per heavy atom. The summed E-state index contributed by atoms with van der Waals surface area (Å²) in [5, 5.41) is 3.94. The van der Waals surface area contributed by atoms with Crippen LogP contribution in [0.25, 0.3) is 0 Å². The van der Waals surface area contributed by atoms with E-state index in [2.05, 4.69) is 5.32 Å². The molecule has 3 rings (SSSR count). The first kappa shape index (κ1) is 31.5. The van der Waals surface area contributed by atoms with Crippen molar-refractivity contribution in [1.29, 1.82) is 0 Å². The first-order valence-corrected chi connectivity index (χ1v) is 15.8. The third-order valence-electron chi connectivity index (χ3n) is 6.33. The Morgan fingerprint density at radius 2 is 1.60 bits per heavy atom. The van der Waals surface area contributed by atoms with E-state index in [1.54, 1.807) is 41.3 Å². The van der Waals surface area contributed by atoms with E-state index in [0.29, 0.717) is 28.7 Å². The molecule has 1 N–H and O–H groups in total. The molecule has 0 aromatic heterocycles. The minimum absolute atomic E-state index is 0.0481. The van der Waals surface area contributed by atoms with E-state index in [4.69, 9.17) is 23.2 Å². The maximum atomic E-state index is 13.8. The van der Waals surface area contributed by atoms with E-state index in [9.17, 15) is 18.0 Å². The van der Waals surface area contributed by atoms with Gasteiger partial charge in [-0.15, -0.1) is 0 Å². The standard InChI is InChI=1S/C30H35Cl2N3O4S/c1-3-18-33-30(37)28(20-23-9-5-4-6-10-23)34(22-24-14-16-25(31)17-15-24)29(36)13-8-19-35(40(2,38)39)27-12-7-11-26(32)21-27/h4-7,9-12,14-17,21,28H,3,8,13,18-20,22H2,1-2H3,(H,33,37)/t28-/m1/s1. The van der Waals surface area contributed by atoms with Gasteiger partial charge in [-0.3, -0.25) is 13.9 Å². The lowest BCUT2D eigenvalue weighted by atomic mass is 10.0. The van der Waals surface area contributed by atoms with Crippen LogP contribution in [0.4, 0.5) is 5.69 Å². The summed E-state index contributed by atoms with van der Waals surface area (Å²) in [5.74, 6) is -0.480. The van der Waals surface area contributed by atoms with Crippen molar-refractivity contribution in [1.82, 2.24) is 10.2 Å². The number of rotatable bonds is 14. The fraction of sp³-hybridized carbons (Fsp3) is 0.333. The molecule has 10 heteroatoms. The molecule has 214 valence electrons. The number of hydrogen-bond donors (Lipinski definition) is 1. The smallest absolute Gasteiger partial charge is 0.243 e. The van der Waals surface area contributed by atoms with Crippen molar-refractivity contribution < 1.29 is 18.0 Å². The Bertz CT molecular complexity index is 1370. The lowest BCUT2D eigenvalue weighted by Crippen LogP contribution is -2.50. The van der Waals surface area contributed by atoms with Crippen molar-refractivity contribution >= 4 is 50.7 Å². The second-order valence-electron chi connectivity index (χ2n) is 9.56. The molecule has 0 saturated heterocycles. The predicted molar refractivity (Wildman–Crippen MR) is 162 cm³/mol. The molecule has 0 spiro atoms. The minimum atomic E-state index is -3.61. The zero-order chi connectivity index (χ0) is 29.1. The van der Waals surface area contributed by atoms with Gasteiger partial charge >= 0.3 is 0 Å². The third-order valence-corrected chi connectivity index (χ3v) is 8.02. The maximum Gasteiger partial charge on any atom is 0.243 e. The number of nitrogens with zero attached hydrogens (tertiary/aromatic N) is 2. The molecule has 7 nitrogen and oxygen atoms in total. The Morgan fingerprint density at radius 1 is 0.900 bits per heavy atom. The van der Waals surface area contributed by atoms with Gasteiger partial charge in [-0.05, 0) is 54.3 Å². The molecule has 0 aliphatic carbocycles. The van der Waals surface area contributed by atoms with Crippen LogP contribution in [0.5, 0.6) is 0 Å². The number of nitrogens with one attached hydrogen (secondary N) is 1. The summed E-state index contributed by atoms with van der Waals surface area (Å²) in [6.45, 7) is 2.76. The lowest BCUT2D eigenvalue weighted by Gasteiger charge is -2.32. The summed E-state index contributed by atoms with van der Waals surface area (Å²) in [5.41, 5.74) is 2.19. The first-order chi connectivity index (χ1) is 19.1. The van der Waals surface area contributed by atoms with Gasteiger partial charge in [-0.1, -0.05) is 78.7 Å². The average Bonchev–Trinajstić information content (AvgIpc) is 2.92. The number of hydrogen-bond acceptors (Lipinski definition) is 4. The number of halogens is 2. The van der Waals surface area contributed by atoms with Crippen LogP contribution in [0.1, 0.15) is 37.3 Å². The van der Waals surface area contributed by atoms with Crippen LogP contribution >= 0.6 is 23.2 Å². The second-order valence-corrected chi connectivity index (χ2v) is 12.3. The molecule has 3 aromatic carbocycles. The Kier molecular flexibility index (Phi) is 11.9. The number of anilines is 1. The van der Waals surface area contributed by atoms with Crippen LogP contribution in [0, 0.1) is 0 Å². The Hall–Kier alpha value is -3.07. The topological polar surface area (TPSA) is 86.8 Å². The summed E-state index contributed by atoms with van der Waals surface area (Å²) >= 11 is 12.2. The molecular weight excluding hydrogens is 569 g/mol. The van der Waals surface area contributed by atoms with Crippen LogP contribution in [-0.4, -0.2) is 50.5 Å². The fourth-order valence-corrected chi connectivity index (χ4v) is 5.61. The van der Waals surface area contributed by atoms with Crippen LogP contribution in [0.2, 0.25) is 10.0 Å². The van der Waals surface area contributed by atoms with Gasteiger partial charge in [0.2, 0.25) is 21.8 Å². The van der Waals surface area contributed by atoms with Crippen LogP contribution in [0.3, 0.4) is 0 Å². The summed E-state index contributed by atoms with van der Waals surface area (Å²) in [6, 6.07) is 22.5. The van der Waals surface area contributed by atoms with E-state index >= 15 is 0 Å². The highest BCUT2D eigenvalue weighted by Crippen LogP contribution is 2.23. The fourth-order valence-electron chi connectivity index (χ4n) is 4.34. The monoisotopic (exact) mass is 603 g/mol. The van der Waals surface area contributed by atoms with Crippen molar-refractivity contribution in [3.63, 3.8) is 0 Å². The van der Waals surface area contributed by atoms with E-state index in [-0.39, 0.29) is 37.7 Å². The summed E-state index contributed by atoms with van der Waals surface area (Å²) in [6.07, 6.45) is 2.53. The number of sulfonamides is 1. The minimum Gasteiger partial charge on any atom is -0.354 e. The first-order valence-electron chi connectivity index (χ1n) is 13.2. The molecule has 0 heterocycles. The van der Waals surface area contributed by atoms with Crippen molar-refractivity contribution in [2.75, 3.05) is 23.7 Å². The Labute approximate surface area is 247 Å². The normalized spacial score (nSPS) is 12.0. The largest absolute Gasteiger partial charge is 0.354 e. The van der Waals surface area contributed by atoms with E-state index in [1.807, 2.05) is 49.4 Å². The second kappa shape index (κ2) is 15.1. The van der Waals surface area contributed by atoms with Crippen molar-refractivity contribution in [2.45, 2.75) is 45.2 Å². The maximum absolute atomic E-state index is 13.8. The predicted octanol–water partition coefficient (Wildman–Crippen LogP) is 5.71. The van der Waals surface area contributed by atoms with Crippen molar-refractivity contribution in [3.8, 4) is 0 Å². The number of amides is 2. The van der Waals surface area contributed by atoms with Crippen LogP contribution in [0.15, 0.2) is 78.9 Å². The van der Waals surface area contributed by atoms with Gasteiger partial charge in [-0.2, -0.15) is 0 Å². The quantitative estimate of drug-likeness (QED) is 0.256. The van der Waals surface area contributed by atoms with Gasteiger partial charge in [0.15, 0.2) is 0 Å². The SMILES string of the molecule is CCCNC(=O)[C@@H](Cc1ccccc1)N(Cc1ccc(Cl)cc1)C(=O)CCCN(c1cccc(Cl)c1)S(C)(=O)=O. The number of carbonyl (C=O) groups is 2. The number of carbonyl (C=O) groups excluding carboxylic acids is 2. The molecule has 3 aromatic rings. The van der Waals surface area contributed by atoms with Gasteiger partial charge in [0.05, 0.1) is 11.9 Å². The molecule has 0 aliphatic heterocycles. The molecule has 0 fully saturated rings. The van der Waals surface area contributed by atoms with Crippen LogP contribution in [-0.2, 0) is 32.6 Å². The molecule has 0 radical (unpaired) electrons. The van der Waals surface area contributed by atoms with E-state index < -0.39 is 16.1 Å². The van der Waals surface area contributed by atoms with Gasteiger partial charge in [-0.25, -0.2) is 8.42 Å². The third kappa shape index (κ3) is 9.54. The lowest BCUT2D eigenvalue weighted by molar-refractivity contribution is -0.141. The molecule has 0 aliphatic rings. The highest BCUT2D eigenvalue weighted by Gasteiger charge is 2.30. The molecule has 0 unspecified atom stereocenters. The zero-order valence-electron chi connectivity index (χ0n) is 22.7. The number of benzene rings is 3. The highest BCUT2D eigenvalue weighted by atomic mass is 35.5. The van der Waals surface area contributed by atoms with Gasteiger partial charge in [0, 0.05) is 42.5 Å². The summed E-state index contributed by atoms with van der Waals surface area (Å²) < 4.78 is 26.3. The summed E-state index contributed by atoms with van der Waals surface area (Å²) in [4.78, 5) is 28.8. The molecule has 1 atom stereocenters. The van der Waals surface area contributed by atoms with Crippen LogP contribution < -0.4 is 9.62 Å². The van der Waals surface area contributed by atoms with Gasteiger partial charge in [0.25, 0.3) is 0 Å². The van der Waals surface area contributed by atoms with Gasteiger partial charge < -0.3 is 10.2 Å². The molecule has 0 saturated carbocycles. The molecule has 0 bridgehead atoms. The highest BCUT2D eigenvalue weighted by molar-refractivity contribution is 7.92.